The van der Waals surface area contributed by atoms with Crippen molar-refractivity contribution in [2.45, 2.75) is 26.8 Å². The van der Waals surface area contributed by atoms with Gasteiger partial charge in [0.2, 0.25) is 11.0 Å². The van der Waals surface area contributed by atoms with Gasteiger partial charge in [0.1, 0.15) is 16.8 Å². The zero-order valence-electron chi connectivity index (χ0n) is 17.3. The van der Waals surface area contributed by atoms with E-state index in [9.17, 15) is 9.59 Å². The molecule has 2 aromatic carbocycles. The van der Waals surface area contributed by atoms with Crippen LogP contribution < -0.4 is 15.4 Å². The van der Waals surface area contributed by atoms with Gasteiger partial charge in [-0.25, -0.2) is 0 Å². The lowest BCUT2D eigenvalue weighted by atomic mass is 10.0. The Morgan fingerprint density at radius 3 is 2.37 bits per heavy atom. The van der Waals surface area contributed by atoms with Gasteiger partial charge < -0.3 is 10.1 Å². The van der Waals surface area contributed by atoms with Crippen LogP contribution in [-0.2, 0) is 4.79 Å². The van der Waals surface area contributed by atoms with Gasteiger partial charge in [-0.3, -0.25) is 14.9 Å². The van der Waals surface area contributed by atoms with Crippen molar-refractivity contribution >= 4 is 28.3 Å². The first-order chi connectivity index (χ1) is 14.4. The molecule has 1 aromatic heterocycles. The van der Waals surface area contributed by atoms with Crippen molar-refractivity contribution in [1.29, 1.82) is 0 Å². The molecule has 1 unspecified atom stereocenters. The predicted octanol–water partition coefficient (Wildman–Crippen LogP) is 3.92. The topological polar surface area (TPSA) is 93.2 Å². The summed E-state index contributed by atoms with van der Waals surface area (Å²) in [6.45, 7) is 5.62. The van der Waals surface area contributed by atoms with Crippen molar-refractivity contribution < 1.29 is 14.3 Å². The third-order valence-corrected chi connectivity index (χ3v) is 5.51. The molecule has 1 atom stereocenters. The number of carbonyl (C=O) groups excluding carboxylic acids is 2. The molecule has 8 heteroatoms. The molecule has 0 saturated carbocycles. The summed E-state index contributed by atoms with van der Waals surface area (Å²) in [4.78, 5) is 25.5. The van der Waals surface area contributed by atoms with Crippen LogP contribution in [0.3, 0.4) is 0 Å². The van der Waals surface area contributed by atoms with E-state index < -0.39 is 6.04 Å². The van der Waals surface area contributed by atoms with Gasteiger partial charge >= 0.3 is 0 Å². The van der Waals surface area contributed by atoms with E-state index in [1.165, 1.54) is 11.3 Å². The SMILES string of the molecule is COc1ccc(-c2nnc(NC(=O)C(NC(=O)c3ccccc3C)C(C)C)s2)cc1. The van der Waals surface area contributed by atoms with Crippen LogP contribution in [0, 0.1) is 12.8 Å². The maximum Gasteiger partial charge on any atom is 0.252 e. The highest BCUT2D eigenvalue weighted by Gasteiger charge is 2.26. The zero-order valence-corrected chi connectivity index (χ0v) is 18.1. The molecule has 0 spiro atoms. The molecule has 0 aliphatic heterocycles. The molecule has 2 amide bonds. The lowest BCUT2D eigenvalue weighted by Gasteiger charge is -2.21. The quantitative estimate of drug-likeness (QED) is 0.600. The average molecular weight is 425 g/mol. The van der Waals surface area contributed by atoms with Crippen LogP contribution in [0.4, 0.5) is 5.13 Å². The van der Waals surface area contributed by atoms with Crippen LogP contribution in [0.1, 0.15) is 29.8 Å². The number of ether oxygens (including phenoxy) is 1. The van der Waals surface area contributed by atoms with Gasteiger partial charge in [0.05, 0.1) is 7.11 Å². The fourth-order valence-electron chi connectivity index (χ4n) is 2.89. The van der Waals surface area contributed by atoms with Crippen molar-refractivity contribution in [3.63, 3.8) is 0 Å². The highest BCUT2D eigenvalue weighted by molar-refractivity contribution is 7.18. The maximum atomic E-state index is 12.8. The van der Waals surface area contributed by atoms with Gasteiger partial charge in [0.15, 0.2) is 0 Å². The fourth-order valence-corrected chi connectivity index (χ4v) is 3.64. The molecule has 2 N–H and O–H groups in total. The Bertz CT molecular complexity index is 1030. The van der Waals surface area contributed by atoms with Gasteiger partial charge in [0.25, 0.3) is 5.91 Å². The summed E-state index contributed by atoms with van der Waals surface area (Å²) < 4.78 is 5.16. The Hall–Kier alpha value is -3.26. The van der Waals surface area contributed by atoms with E-state index in [1.807, 2.05) is 57.2 Å². The second-order valence-electron chi connectivity index (χ2n) is 7.14. The van der Waals surface area contributed by atoms with Crippen LogP contribution in [-0.4, -0.2) is 35.2 Å². The molecular formula is C22H24N4O3S. The largest absolute Gasteiger partial charge is 0.497 e. The number of nitrogens with zero attached hydrogens (tertiary/aromatic N) is 2. The number of anilines is 1. The minimum absolute atomic E-state index is 0.105. The number of aryl methyl sites for hydroxylation is 1. The van der Waals surface area contributed by atoms with Crippen LogP contribution in [0.15, 0.2) is 48.5 Å². The molecule has 0 aliphatic carbocycles. The zero-order chi connectivity index (χ0) is 21.7. The van der Waals surface area contributed by atoms with E-state index in [0.29, 0.717) is 15.7 Å². The second kappa shape index (κ2) is 9.49. The molecular weight excluding hydrogens is 400 g/mol. The van der Waals surface area contributed by atoms with Gasteiger partial charge in [-0.05, 0) is 48.7 Å². The minimum Gasteiger partial charge on any atom is -0.497 e. The molecule has 0 fully saturated rings. The van der Waals surface area contributed by atoms with Crippen molar-refractivity contribution in [3.05, 3.63) is 59.7 Å². The number of rotatable bonds is 7. The average Bonchev–Trinajstić information content (AvgIpc) is 3.20. The Labute approximate surface area is 179 Å². The molecule has 0 saturated heterocycles. The number of carbonyl (C=O) groups is 2. The first-order valence-corrected chi connectivity index (χ1v) is 10.4. The molecule has 30 heavy (non-hydrogen) atoms. The summed E-state index contributed by atoms with van der Waals surface area (Å²) in [6.07, 6.45) is 0. The first-order valence-electron chi connectivity index (χ1n) is 9.54. The number of nitrogens with one attached hydrogen (secondary N) is 2. The normalized spacial score (nSPS) is 11.8. The van der Waals surface area contributed by atoms with E-state index in [1.54, 1.807) is 19.2 Å². The summed E-state index contributed by atoms with van der Waals surface area (Å²) in [6, 6.07) is 14.0. The Morgan fingerprint density at radius 2 is 1.73 bits per heavy atom. The number of hydrogen-bond acceptors (Lipinski definition) is 6. The van der Waals surface area contributed by atoms with Gasteiger partial charge in [-0.1, -0.05) is 43.4 Å². The van der Waals surface area contributed by atoms with Crippen molar-refractivity contribution in [3.8, 4) is 16.3 Å². The number of benzene rings is 2. The number of methoxy groups -OCH3 is 1. The summed E-state index contributed by atoms with van der Waals surface area (Å²) in [7, 11) is 1.61. The summed E-state index contributed by atoms with van der Waals surface area (Å²) >= 11 is 1.27. The lowest BCUT2D eigenvalue weighted by Crippen LogP contribution is -2.47. The molecule has 0 bridgehead atoms. The van der Waals surface area contributed by atoms with E-state index in [-0.39, 0.29) is 17.7 Å². The predicted molar refractivity (Wildman–Crippen MR) is 118 cm³/mol. The standard InChI is InChI=1S/C22H24N4O3S/c1-13(2)18(23-19(27)17-8-6-5-7-14(17)3)20(28)24-22-26-25-21(30-22)15-9-11-16(29-4)12-10-15/h5-13,18H,1-4H3,(H,23,27)(H,24,26,28). The highest BCUT2D eigenvalue weighted by atomic mass is 32.1. The summed E-state index contributed by atoms with van der Waals surface area (Å²) in [5, 5.41) is 14.9. The number of amides is 2. The van der Waals surface area contributed by atoms with E-state index in [0.717, 1.165) is 16.9 Å². The molecule has 0 aliphatic rings. The smallest absolute Gasteiger partial charge is 0.252 e. The van der Waals surface area contributed by atoms with Crippen LogP contribution >= 0.6 is 11.3 Å². The Morgan fingerprint density at radius 1 is 1.03 bits per heavy atom. The highest BCUT2D eigenvalue weighted by Crippen LogP contribution is 2.28. The number of hydrogen-bond donors (Lipinski definition) is 2. The molecule has 1 heterocycles. The third-order valence-electron chi connectivity index (χ3n) is 4.62. The van der Waals surface area contributed by atoms with Crippen molar-refractivity contribution in [1.82, 2.24) is 15.5 Å². The summed E-state index contributed by atoms with van der Waals surface area (Å²) in [5.74, 6) is 0.0374. The molecule has 156 valence electrons. The van der Waals surface area contributed by atoms with E-state index >= 15 is 0 Å². The van der Waals surface area contributed by atoms with Crippen LogP contribution in [0.2, 0.25) is 0 Å². The minimum atomic E-state index is -0.703. The van der Waals surface area contributed by atoms with E-state index in [4.69, 9.17) is 4.74 Å². The monoisotopic (exact) mass is 424 g/mol. The van der Waals surface area contributed by atoms with Gasteiger partial charge in [-0.2, -0.15) is 0 Å². The maximum absolute atomic E-state index is 12.8. The van der Waals surface area contributed by atoms with E-state index in [2.05, 4.69) is 20.8 Å². The van der Waals surface area contributed by atoms with Crippen LogP contribution in [0.25, 0.3) is 10.6 Å². The molecule has 7 nitrogen and oxygen atoms in total. The third kappa shape index (κ3) is 5.01. The summed E-state index contributed by atoms with van der Waals surface area (Å²) in [5.41, 5.74) is 2.28. The lowest BCUT2D eigenvalue weighted by molar-refractivity contribution is -0.118. The first kappa shape index (κ1) is 21.4. The Balaban J connectivity index is 1.70. The number of aromatic nitrogens is 2. The molecule has 3 rings (SSSR count). The molecule has 3 aromatic rings. The Kier molecular flexibility index (Phi) is 6.79. The fraction of sp³-hybridized carbons (Fsp3) is 0.273. The van der Waals surface area contributed by atoms with Crippen molar-refractivity contribution in [2.24, 2.45) is 5.92 Å². The van der Waals surface area contributed by atoms with Gasteiger partial charge in [0, 0.05) is 11.1 Å². The van der Waals surface area contributed by atoms with Crippen LogP contribution in [0.5, 0.6) is 5.75 Å². The van der Waals surface area contributed by atoms with Crippen molar-refractivity contribution in [2.75, 3.05) is 12.4 Å². The van der Waals surface area contributed by atoms with Gasteiger partial charge in [-0.15, -0.1) is 10.2 Å². The second-order valence-corrected chi connectivity index (χ2v) is 8.12. The molecule has 0 radical (unpaired) electrons.